The summed E-state index contributed by atoms with van der Waals surface area (Å²) in [6, 6.07) is 7.38. The molecule has 4 rings (SSSR count). The molecule has 3 nitrogen and oxygen atoms in total. The van der Waals surface area contributed by atoms with Crippen LogP contribution in [-0.2, 0) is 0 Å². The molecule has 112 valence electrons. The Morgan fingerprint density at radius 2 is 2.24 bits per heavy atom. The molecular weight excluding hydrogens is 260 g/mol. The highest BCUT2D eigenvalue weighted by atomic mass is 16.5. The van der Waals surface area contributed by atoms with Gasteiger partial charge >= 0.3 is 0 Å². The summed E-state index contributed by atoms with van der Waals surface area (Å²) in [7, 11) is 0. The van der Waals surface area contributed by atoms with Gasteiger partial charge in [0.25, 0.3) is 0 Å². The van der Waals surface area contributed by atoms with E-state index in [1.165, 1.54) is 42.5 Å². The molecule has 0 radical (unpaired) electrons. The van der Waals surface area contributed by atoms with Crippen LogP contribution in [0.1, 0.15) is 37.7 Å². The fraction of sp³-hybridized carbons (Fsp3) is 0.556. The lowest BCUT2D eigenvalue weighted by Crippen LogP contribution is -2.51. The molecule has 0 amide bonds. The van der Waals surface area contributed by atoms with Crippen molar-refractivity contribution >= 4 is 11.3 Å². The summed E-state index contributed by atoms with van der Waals surface area (Å²) >= 11 is 0. The summed E-state index contributed by atoms with van der Waals surface area (Å²) < 4.78 is 5.99. The normalized spacial score (nSPS) is 25.2. The van der Waals surface area contributed by atoms with Crippen LogP contribution in [0.5, 0.6) is 5.75 Å². The molecule has 3 aliphatic rings. The smallest absolute Gasteiger partial charge is 0.142 e. The minimum Gasteiger partial charge on any atom is -0.491 e. The molecule has 0 aromatic heterocycles. The molecule has 1 fully saturated rings. The molecule has 1 N–H and O–H groups in total. The van der Waals surface area contributed by atoms with Crippen LogP contribution in [-0.4, -0.2) is 32.3 Å². The Labute approximate surface area is 127 Å². The first kappa shape index (κ1) is 13.2. The number of rotatable bonds is 1. The average molecular weight is 284 g/mol. The summed E-state index contributed by atoms with van der Waals surface area (Å²) in [6.07, 6.45) is 8.68. The topological polar surface area (TPSA) is 24.5 Å². The number of hydrogen-bond acceptors (Lipinski definition) is 3. The zero-order valence-corrected chi connectivity index (χ0v) is 12.6. The molecule has 1 aliphatic carbocycles. The highest BCUT2D eigenvalue weighted by Crippen LogP contribution is 2.37. The van der Waals surface area contributed by atoms with E-state index in [4.69, 9.17) is 4.74 Å². The number of allylic oxidation sites excluding steroid dienone is 2. The molecule has 0 saturated carbocycles. The molecule has 21 heavy (non-hydrogen) atoms. The zero-order chi connectivity index (χ0) is 14.1. The van der Waals surface area contributed by atoms with Crippen LogP contribution in [0.3, 0.4) is 0 Å². The fourth-order valence-corrected chi connectivity index (χ4v) is 3.80. The van der Waals surface area contributed by atoms with E-state index in [9.17, 15) is 0 Å². The third-order valence-electron chi connectivity index (χ3n) is 4.99. The summed E-state index contributed by atoms with van der Waals surface area (Å²) in [4.78, 5) is 2.56. The molecular formula is C18H24N2O. The van der Waals surface area contributed by atoms with Gasteiger partial charge in [0.2, 0.25) is 0 Å². The van der Waals surface area contributed by atoms with Crippen LogP contribution in [0.2, 0.25) is 0 Å². The largest absolute Gasteiger partial charge is 0.491 e. The number of nitrogens with one attached hydrogen (secondary N) is 1. The Hall–Kier alpha value is -1.48. The number of piperazine rings is 1. The van der Waals surface area contributed by atoms with E-state index < -0.39 is 0 Å². The molecule has 2 aliphatic heterocycles. The Kier molecular flexibility index (Phi) is 3.60. The van der Waals surface area contributed by atoms with Gasteiger partial charge in [0.05, 0.1) is 12.3 Å². The minimum absolute atomic E-state index is 0.579. The second kappa shape index (κ2) is 5.72. The monoisotopic (exact) mass is 284 g/mol. The maximum absolute atomic E-state index is 5.99. The molecule has 1 aromatic carbocycles. The predicted molar refractivity (Wildman–Crippen MR) is 87.0 cm³/mol. The third kappa shape index (κ3) is 2.55. The molecule has 3 heteroatoms. The van der Waals surface area contributed by atoms with Crippen LogP contribution >= 0.6 is 0 Å². The molecule has 0 bridgehead atoms. The van der Waals surface area contributed by atoms with Crippen molar-refractivity contribution in [3.05, 3.63) is 29.8 Å². The van der Waals surface area contributed by atoms with E-state index in [1.807, 2.05) is 0 Å². The first-order valence-corrected chi connectivity index (χ1v) is 8.35. The summed E-state index contributed by atoms with van der Waals surface area (Å²) in [5, 5.41) is 3.51. The number of hydrogen-bond donors (Lipinski definition) is 1. The quantitative estimate of drug-likeness (QED) is 0.857. The number of fused-ring (bicyclic) bond motifs is 3. The predicted octanol–water partition coefficient (Wildman–Crippen LogP) is 3.20. The number of anilines is 1. The van der Waals surface area contributed by atoms with Crippen molar-refractivity contribution < 1.29 is 4.74 Å². The van der Waals surface area contributed by atoms with Crippen LogP contribution in [0.15, 0.2) is 24.3 Å². The number of nitrogens with zero attached hydrogens (tertiary/aromatic N) is 1. The van der Waals surface area contributed by atoms with E-state index in [-0.39, 0.29) is 0 Å². The highest BCUT2D eigenvalue weighted by molar-refractivity contribution is 5.73. The molecule has 2 heterocycles. The van der Waals surface area contributed by atoms with Gasteiger partial charge < -0.3 is 15.0 Å². The van der Waals surface area contributed by atoms with E-state index in [0.29, 0.717) is 6.04 Å². The van der Waals surface area contributed by atoms with Crippen LogP contribution in [0.4, 0.5) is 5.69 Å². The SMILES string of the molecule is C1=C(c2ccc3c(c2)N2CCNCC2CCO3)CCCC1. The lowest BCUT2D eigenvalue weighted by Gasteiger charge is -2.36. The average Bonchev–Trinajstić information content (AvgIpc) is 2.74. The fourth-order valence-electron chi connectivity index (χ4n) is 3.80. The van der Waals surface area contributed by atoms with Gasteiger partial charge in [0.15, 0.2) is 0 Å². The van der Waals surface area contributed by atoms with Crippen molar-refractivity contribution in [2.24, 2.45) is 0 Å². The third-order valence-corrected chi connectivity index (χ3v) is 4.99. The molecule has 1 aromatic rings. The van der Waals surface area contributed by atoms with E-state index >= 15 is 0 Å². The maximum atomic E-state index is 5.99. The van der Waals surface area contributed by atoms with Crippen LogP contribution in [0.25, 0.3) is 5.57 Å². The van der Waals surface area contributed by atoms with E-state index in [2.05, 4.69) is 34.5 Å². The van der Waals surface area contributed by atoms with Crippen molar-refractivity contribution in [1.82, 2.24) is 5.32 Å². The van der Waals surface area contributed by atoms with Gasteiger partial charge in [0, 0.05) is 32.1 Å². The minimum atomic E-state index is 0.579. The van der Waals surface area contributed by atoms with Gasteiger partial charge in [-0.15, -0.1) is 0 Å². The van der Waals surface area contributed by atoms with Crippen molar-refractivity contribution in [2.45, 2.75) is 38.1 Å². The van der Waals surface area contributed by atoms with Gasteiger partial charge in [-0.05, 0) is 49.0 Å². The maximum Gasteiger partial charge on any atom is 0.142 e. The second-order valence-corrected chi connectivity index (χ2v) is 6.35. The molecule has 1 unspecified atom stereocenters. The van der Waals surface area contributed by atoms with Crippen molar-refractivity contribution in [1.29, 1.82) is 0 Å². The summed E-state index contributed by atoms with van der Waals surface area (Å²) in [5.74, 6) is 1.07. The first-order chi connectivity index (χ1) is 10.4. The Bertz CT molecular complexity index is 552. The van der Waals surface area contributed by atoms with Gasteiger partial charge in [-0.25, -0.2) is 0 Å². The summed E-state index contributed by atoms with van der Waals surface area (Å²) in [6.45, 7) is 4.07. The van der Waals surface area contributed by atoms with Crippen LogP contribution in [0, 0.1) is 0 Å². The molecule has 0 spiro atoms. The molecule has 1 saturated heterocycles. The van der Waals surface area contributed by atoms with E-state index in [0.717, 1.165) is 38.4 Å². The lowest BCUT2D eigenvalue weighted by atomic mass is 9.93. The van der Waals surface area contributed by atoms with Crippen molar-refractivity contribution in [2.75, 3.05) is 31.1 Å². The number of benzene rings is 1. The summed E-state index contributed by atoms with van der Waals surface area (Å²) in [5.41, 5.74) is 4.24. The first-order valence-electron chi connectivity index (χ1n) is 8.35. The van der Waals surface area contributed by atoms with Crippen molar-refractivity contribution in [3.63, 3.8) is 0 Å². The standard InChI is InChI=1S/C18H24N2O/c1-2-4-14(5-3-1)15-6-7-18-17(12-15)20-10-9-19-13-16(20)8-11-21-18/h4,6-7,12,16,19H,1-3,5,8-11,13H2. The van der Waals surface area contributed by atoms with Gasteiger partial charge in [-0.1, -0.05) is 12.1 Å². The zero-order valence-electron chi connectivity index (χ0n) is 12.6. The van der Waals surface area contributed by atoms with Gasteiger partial charge in [0.1, 0.15) is 5.75 Å². The molecule has 1 atom stereocenters. The Morgan fingerprint density at radius 1 is 1.24 bits per heavy atom. The van der Waals surface area contributed by atoms with Crippen LogP contribution < -0.4 is 15.0 Å². The lowest BCUT2D eigenvalue weighted by molar-refractivity contribution is 0.304. The van der Waals surface area contributed by atoms with Gasteiger partial charge in [-0.3, -0.25) is 0 Å². The Balaban J connectivity index is 1.71. The highest BCUT2D eigenvalue weighted by Gasteiger charge is 2.27. The number of ether oxygens (including phenoxy) is 1. The van der Waals surface area contributed by atoms with Crippen molar-refractivity contribution in [3.8, 4) is 5.75 Å². The Morgan fingerprint density at radius 3 is 3.14 bits per heavy atom. The van der Waals surface area contributed by atoms with E-state index in [1.54, 1.807) is 0 Å². The second-order valence-electron chi connectivity index (χ2n) is 6.35. The van der Waals surface area contributed by atoms with Gasteiger partial charge in [-0.2, -0.15) is 0 Å².